The second-order valence-corrected chi connectivity index (χ2v) is 4.58. The van der Waals surface area contributed by atoms with E-state index in [0.29, 0.717) is 0 Å². The van der Waals surface area contributed by atoms with E-state index in [1.54, 1.807) is 0 Å². The summed E-state index contributed by atoms with van der Waals surface area (Å²) < 4.78 is 5.74. The minimum atomic E-state index is 0.826. The van der Waals surface area contributed by atoms with Crippen LogP contribution < -0.4 is 4.74 Å². The van der Waals surface area contributed by atoms with Crippen molar-refractivity contribution in [2.24, 2.45) is 0 Å². The zero-order valence-corrected chi connectivity index (χ0v) is 12.1. The number of rotatable bonds is 9. The van der Waals surface area contributed by atoms with Crippen LogP contribution in [0.5, 0.6) is 5.75 Å². The van der Waals surface area contributed by atoms with Crippen LogP contribution in [0.25, 0.3) is 0 Å². The summed E-state index contributed by atoms with van der Waals surface area (Å²) in [5, 5.41) is 0. The van der Waals surface area contributed by atoms with Crippen molar-refractivity contribution in [3.8, 4) is 5.75 Å². The molecule has 0 N–H and O–H groups in total. The van der Waals surface area contributed by atoms with Crippen LogP contribution in [0.1, 0.15) is 39.2 Å². The molecule has 2 nitrogen and oxygen atoms in total. The highest BCUT2D eigenvalue weighted by Gasteiger charge is 1.99. The largest absolute Gasteiger partial charge is 0.494 e. The predicted molar refractivity (Wildman–Crippen MR) is 78.3 cm³/mol. The Labute approximate surface area is 112 Å². The molecule has 0 aromatic heterocycles. The number of benzene rings is 1. The van der Waals surface area contributed by atoms with Gasteiger partial charge in [-0.2, -0.15) is 0 Å². The second kappa shape index (κ2) is 8.98. The van der Waals surface area contributed by atoms with Gasteiger partial charge in [0, 0.05) is 0 Å². The zero-order valence-electron chi connectivity index (χ0n) is 12.1. The Hall–Kier alpha value is -1.02. The topological polar surface area (TPSA) is 12.5 Å². The van der Waals surface area contributed by atoms with E-state index in [2.05, 4.69) is 49.9 Å². The summed E-state index contributed by atoms with van der Waals surface area (Å²) in [6, 6.07) is 8.43. The van der Waals surface area contributed by atoms with Crippen molar-refractivity contribution in [1.82, 2.24) is 4.90 Å². The molecule has 0 amide bonds. The quantitative estimate of drug-likeness (QED) is 0.618. The summed E-state index contributed by atoms with van der Waals surface area (Å²) in [5.74, 6) is 0.995. The Morgan fingerprint density at radius 2 is 1.61 bits per heavy atom. The Morgan fingerprint density at radius 1 is 0.944 bits per heavy atom. The monoisotopic (exact) mass is 249 g/mol. The first-order chi connectivity index (χ1) is 8.80. The van der Waals surface area contributed by atoms with Gasteiger partial charge in [0.2, 0.25) is 0 Å². The molecule has 0 heterocycles. The highest BCUT2D eigenvalue weighted by molar-refractivity contribution is 5.27. The van der Waals surface area contributed by atoms with Gasteiger partial charge in [0.15, 0.2) is 0 Å². The van der Waals surface area contributed by atoms with E-state index in [1.165, 1.54) is 18.5 Å². The second-order valence-electron chi connectivity index (χ2n) is 4.58. The zero-order chi connectivity index (χ0) is 13.2. The predicted octanol–water partition coefficient (Wildman–Crippen LogP) is 3.75. The first-order valence-electron chi connectivity index (χ1n) is 7.24. The van der Waals surface area contributed by atoms with Crippen molar-refractivity contribution in [2.45, 2.75) is 40.0 Å². The number of aryl methyl sites for hydroxylation is 1. The number of unbranched alkanes of at least 4 members (excludes halogenated alkanes) is 1. The van der Waals surface area contributed by atoms with Crippen LogP contribution in [0.2, 0.25) is 0 Å². The SMILES string of the molecule is CCc1ccc(OCCCCN(CC)CC)cc1. The first-order valence-corrected chi connectivity index (χ1v) is 7.24. The van der Waals surface area contributed by atoms with Crippen LogP contribution in [0, 0.1) is 0 Å². The molecule has 0 atom stereocenters. The molecule has 0 radical (unpaired) electrons. The molecule has 0 saturated carbocycles. The van der Waals surface area contributed by atoms with Gasteiger partial charge in [0.25, 0.3) is 0 Å². The van der Waals surface area contributed by atoms with E-state index in [1.807, 2.05) is 0 Å². The molecule has 0 aliphatic rings. The van der Waals surface area contributed by atoms with Crippen LogP contribution in [-0.4, -0.2) is 31.1 Å². The highest BCUT2D eigenvalue weighted by Crippen LogP contribution is 2.12. The van der Waals surface area contributed by atoms with E-state index < -0.39 is 0 Å². The normalized spacial score (nSPS) is 10.9. The smallest absolute Gasteiger partial charge is 0.119 e. The van der Waals surface area contributed by atoms with Gasteiger partial charge in [-0.3, -0.25) is 0 Å². The van der Waals surface area contributed by atoms with Crippen molar-refractivity contribution in [3.63, 3.8) is 0 Å². The molecule has 0 fully saturated rings. The van der Waals surface area contributed by atoms with Gasteiger partial charge < -0.3 is 9.64 Å². The van der Waals surface area contributed by atoms with Gasteiger partial charge >= 0.3 is 0 Å². The van der Waals surface area contributed by atoms with E-state index >= 15 is 0 Å². The van der Waals surface area contributed by atoms with E-state index in [4.69, 9.17) is 4.74 Å². The molecular weight excluding hydrogens is 222 g/mol. The average molecular weight is 249 g/mol. The summed E-state index contributed by atoms with van der Waals surface area (Å²) in [6.45, 7) is 10.9. The van der Waals surface area contributed by atoms with E-state index in [0.717, 1.165) is 38.3 Å². The molecule has 0 aliphatic carbocycles. The Kier molecular flexibility index (Phi) is 7.51. The molecule has 0 unspecified atom stereocenters. The maximum atomic E-state index is 5.74. The summed E-state index contributed by atoms with van der Waals surface area (Å²) >= 11 is 0. The molecular formula is C16H27NO. The third kappa shape index (κ3) is 5.54. The van der Waals surface area contributed by atoms with Crippen LogP contribution in [0.4, 0.5) is 0 Å². The number of ether oxygens (including phenoxy) is 1. The fraction of sp³-hybridized carbons (Fsp3) is 0.625. The molecule has 2 heteroatoms. The summed E-state index contributed by atoms with van der Waals surface area (Å²) in [5.41, 5.74) is 1.36. The lowest BCUT2D eigenvalue weighted by molar-refractivity contribution is 0.266. The molecule has 0 aliphatic heterocycles. The third-order valence-corrected chi connectivity index (χ3v) is 3.36. The number of nitrogens with zero attached hydrogens (tertiary/aromatic N) is 1. The van der Waals surface area contributed by atoms with Gasteiger partial charge in [0.1, 0.15) is 5.75 Å². The molecule has 18 heavy (non-hydrogen) atoms. The molecule has 102 valence electrons. The fourth-order valence-corrected chi connectivity index (χ4v) is 1.99. The Balaban J connectivity index is 2.13. The van der Waals surface area contributed by atoms with Crippen molar-refractivity contribution in [3.05, 3.63) is 29.8 Å². The van der Waals surface area contributed by atoms with Gasteiger partial charge in [-0.25, -0.2) is 0 Å². The first kappa shape index (κ1) is 15.0. The maximum Gasteiger partial charge on any atom is 0.119 e. The van der Waals surface area contributed by atoms with Crippen molar-refractivity contribution in [2.75, 3.05) is 26.2 Å². The summed E-state index contributed by atoms with van der Waals surface area (Å²) in [7, 11) is 0. The molecule has 1 rings (SSSR count). The molecule has 0 spiro atoms. The van der Waals surface area contributed by atoms with Gasteiger partial charge in [-0.05, 0) is 56.6 Å². The van der Waals surface area contributed by atoms with Crippen LogP contribution in [-0.2, 0) is 6.42 Å². The standard InChI is InChI=1S/C16H27NO/c1-4-15-9-11-16(12-10-15)18-14-8-7-13-17(5-2)6-3/h9-12H,4-8,13-14H2,1-3H3. The third-order valence-electron chi connectivity index (χ3n) is 3.36. The van der Waals surface area contributed by atoms with Crippen LogP contribution >= 0.6 is 0 Å². The number of hydrogen-bond donors (Lipinski definition) is 0. The summed E-state index contributed by atoms with van der Waals surface area (Å²) in [6.07, 6.45) is 3.44. The van der Waals surface area contributed by atoms with Crippen molar-refractivity contribution < 1.29 is 4.74 Å². The number of hydrogen-bond acceptors (Lipinski definition) is 2. The van der Waals surface area contributed by atoms with Crippen LogP contribution in [0.15, 0.2) is 24.3 Å². The highest BCUT2D eigenvalue weighted by atomic mass is 16.5. The average Bonchev–Trinajstić information content (AvgIpc) is 2.43. The lowest BCUT2D eigenvalue weighted by Crippen LogP contribution is -2.24. The summed E-state index contributed by atoms with van der Waals surface area (Å²) in [4.78, 5) is 2.45. The molecule has 1 aromatic rings. The van der Waals surface area contributed by atoms with Crippen LogP contribution in [0.3, 0.4) is 0 Å². The Bertz CT molecular complexity index is 303. The van der Waals surface area contributed by atoms with Gasteiger partial charge in [-0.15, -0.1) is 0 Å². The van der Waals surface area contributed by atoms with Crippen molar-refractivity contribution in [1.29, 1.82) is 0 Å². The van der Waals surface area contributed by atoms with Crippen molar-refractivity contribution >= 4 is 0 Å². The Morgan fingerprint density at radius 3 is 2.17 bits per heavy atom. The fourth-order valence-electron chi connectivity index (χ4n) is 1.99. The minimum absolute atomic E-state index is 0.826. The lowest BCUT2D eigenvalue weighted by Gasteiger charge is -2.17. The van der Waals surface area contributed by atoms with E-state index in [9.17, 15) is 0 Å². The minimum Gasteiger partial charge on any atom is -0.494 e. The molecule has 1 aromatic carbocycles. The van der Waals surface area contributed by atoms with Gasteiger partial charge in [-0.1, -0.05) is 32.9 Å². The molecule has 0 saturated heterocycles. The van der Waals surface area contributed by atoms with Gasteiger partial charge in [0.05, 0.1) is 6.61 Å². The molecule has 0 bridgehead atoms. The van der Waals surface area contributed by atoms with E-state index in [-0.39, 0.29) is 0 Å². The lowest BCUT2D eigenvalue weighted by atomic mass is 10.2. The maximum absolute atomic E-state index is 5.74.